The molecule has 0 amide bonds. The molecular formula is C16H27NO2. The lowest BCUT2D eigenvalue weighted by Gasteiger charge is -2.15. The smallest absolute Gasteiger partial charge is 0.118 e. The molecule has 1 unspecified atom stereocenters. The Kier molecular flexibility index (Phi) is 7.53. The summed E-state index contributed by atoms with van der Waals surface area (Å²) in [5.41, 5.74) is 1.35. The monoisotopic (exact) mass is 265 g/mol. The van der Waals surface area contributed by atoms with Gasteiger partial charge in [-0.3, -0.25) is 0 Å². The molecule has 0 spiro atoms. The maximum Gasteiger partial charge on any atom is 0.118 e. The van der Waals surface area contributed by atoms with Gasteiger partial charge in [-0.2, -0.15) is 0 Å². The first-order chi connectivity index (χ1) is 9.11. The van der Waals surface area contributed by atoms with Gasteiger partial charge in [0.1, 0.15) is 5.75 Å². The van der Waals surface area contributed by atoms with E-state index in [1.54, 1.807) is 7.11 Å². The molecule has 0 radical (unpaired) electrons. The molecule has 0 aliphatic rings. The van der Waals surface area contributed by atoms with Gasteiger partial charge in [0, 0.05) is 12.6 Å². The lowest BCUT2D eigenvalue weighted by Crippen LogP contribution is -2.30. The standard InChI is InChI=1S/C16H27NO2/c1-13(2)19-12-11-17-14(3)5-6-15-7-9-16(18-4)10-8-15/h7-10,13-14,17H,5-6,11-12H2,1-4H3. The van der Waals surface area contributed by atoms with Gasteiger partial charge in [0.2, 0.25) is 0 Å². The normalized spacial score (nSPS) is 12.7. The number of ether oxygens (including phenoxy) is 2. The number of methoxy groups -OCH3 is 1. The Morgan fingerprint density at radius 3 is 2.37 bits per heavy atom. The van der Waals surface area contributed by atoms with Gasteiger partial charge >= 0.3 is 0 Å². The predicted molar refractivity (Wildman–Crippen MR) is 79.9 cm³/mol. The minimum atomic E-state index is 0.316. The van der Waals surface area contributed by atoms with Crippen molar-refractivity contribution in [1.82, 2.24) is 5.32 Å². The van der Waals surface area contributed by atoms with Crippen LogP contribution in [0.25, 0.3) is 0 Å². The van der Waals surface area contributed by atoms with E-state index in [-0.39, 0.29) is 0 Å². The van der Waals surface area contributed by atoms with E-state index in [1.165, 1.54) is 5.56 Å². The van der Waals surface area contributed by atoms with Crippen molar-refractivity contribution < 1.29 is 9.47 Å². The van der Waals surface area contributed by atoms with E-state index < -0.39 is 0 Å². The Morgan fingerprint density at radius 2 is 1.79 bits per heavy atom. The molecule has 3 nitrogen and oxygen atoms in total. The Balaban J connectivity index is 2.16. The molecule has 1 rings (SSSR count). The van der Waals surface area contributed by atoms with Crippen LogP contribution in [0.15, 0.2) is 24.3 Å². The highest BCUT2D eigenvalue weighted by molar-refractivity contribution is 5.27. The van der Waals surface area contributed by atoms with Crippen molar-refractivity contribution in [2.45, 2.75) is 45.8 Å². The predicted octanol–water partition coefficient (Wildman–Crippen LogP) is 3.03. The maximum absolute atomic E-state index is 5.50. The molecule has 0 bridgehead atoms. The van der Waals surface area contributed by atoms with E-state index >= 15 is 0 Å². The summed E-state index contributed by atoms with van der Waals surface area (Å²) in [6.07, 6.45) is 2.54. The summed E-state index contributed by atoms with van der Waals surface area (Å²) in [6.45, 7) is 8.05. The van der Waals surface area contributed by atoms with Gasteiger partial charge in [0.25, 0.3) is 0 Å². The number of hydrogen-bond donors (Lipinski definition) is 1. The van der Waals surface area contributed by atoms with E-state index in [0.717, 1.165) is 31.7 Å². The Morgan fingerprint density at radius 1 is 1.11 bits per heavy atom. The second-order valence-corrected chi connectivity index (χ2v) is 5.16. The molecule has 1 atom stereocenters. The molecule has 108 valence electrons. The third-order valence-electron chi connectivity index (χ3n) is 3.07. The SMILES string of the molecule is COc1ccc(CCC(C)NCCOC(C)C)cc1. The fraction of sp³-hybridized carbons (Fsp3) is 0.625. The first-order valence-corrected chi connectivity index (χ1v) is 7.09. The highest BCUT2D eigenvalue weighted by Crippen LogP contribution is 2.13. The second kappa shape index (κ2) is 8.94. The maximum atomic E-state index is 5.50. The summed E-state index contributed by atoms with van der Waals surface area (Å²) in [6, 6.07) is 8.81. The van der Waals surface area contributed by atoms with Gasteiger partial charge in [0.05, 0.1) is 19.8 Å². The first kappa shape index (κ1) is 16.0. The molecule has 19 heavy (non-hydrogen) atoms. The van der Waals surface area contributed by atoms with Crippen LogP contribution in [0.1, 0.15) is 32.8 Å². The highest BCUT2D eigenvalue weighted by atomic mass is 16.5. The van der Waals surface area contributed by atoms with Crippen molar-refractivity contribution in [1.29, 1.82) is 0 Å². The number of rotatable bonds is 9. The summed E-state index contributed by atoms with van der Waals surface area (Å²) in [5, 5.41) is 3.48. The fourth-order valence-electron chi connectivity index (χ4n) is 1.88. The largest absolute Gasteiger partial charge is 0.497 e. The van der Waals surface area contributed by atoms with Crippen LogP contribution in [0.3, 0.4) is 0 Å². The lowest BCUT2D eigenvalue weighted by atomic mass is 10.1. The zero-order valence-corrected chi connectivity index (χ0v) is 12.6. The minimum absolute atomic E-state index is 0.316. The fourth-order valence-corrected chi connectivity index (χ4v) is 1.88. The average molecular weight is 265 g/mol. The Bertz CT molecular complexity index is 335. The molecule has 0 saturated carbocycles. The third-order valence-corrected chi connectivity index (χ3v) is 3.07. The number of nitrogens with one attached hydrogen (secondary N) is 1. The minimum Gasteiger partial charge on any atom is -0.497 e. The highest BCUT2D eigenvalue weighted by Gasteiger charge is 2.02. The van der Waals surface area contributed by atoms with Gasteiger partial charge in [-0.1, -0.05) is 12.1 Å². The summed E-state index contributed by atoms with van der Waals surface area (Å²) < 4.78 is 10.7. The van der Waals surface area contributed by atoms with Crippen LogP contribution in [-0.4, -0.2) is 32.4 Å². The van der Waals surface area contributed by atoms with Crippen molar-refractivity contribution in [2.24, 2.45) is 0 Å². The topological polar surface area (TPSA) is 30.5 Å². The quantitative estimate of drug-likeness (QED) is 0.696. The second-order valence-electron chi connectivity index (χ2n) is 5.16. The molecule has 1 N–H and O–H groups in total. The zero-order valence-electron chi connectivity index (χ0n) is 12.6. The van der Waals surface area contributed by atoms with E-state index in [9.17, 15) is 0 Å². The van der Waals surface area contributed by atoms with Crippen LogP contribution in [0.2, 0.25) is 0 Å². The summed E-state index contributed by atoms with van der Waals surface area (Å²) in [7, 11) is 1.69. The third kappa shape index (κ3) is 7.19. The molecule has 1 aromatic rings. The van der Waals surface area contributed by atoms with Crippen molar-refractivity contribution in [3.63, 3.8) is 0 Å². The van der Waals surface area contributed by atoms with Crippen molar-refractivity contribution in [3.05, 3.63) is 29.8 Å². The number of benzene rings is 1. The van der Waals surface area contributed by atoms with Gasteiger partial charge in [-0.25, -0.2) is 0 Å². The molecular weight excluding hydrogens is 238 g/mol. The van der Waals surface area contributed by atoms with Crippen molar-refractivity contribution in [2.75, 3.05) is 20.3 Å². The van der Waals surface area contributed by atoms with Crippen LogP contribution >= 0.6 is 0 Å². The molecule has 0 aliphatic carbocycles. The molecule has 3 heteroatoms. The van der Waals surface area contributed by atoms with E-state index in [2.05, 4.69) is 38.2 Å². The first-order valence-electron chi connectivity index (χ1n) is 7.09. The number of aryl methyl sites for hydroxylation is 1. The molecule has 0 fully saturated rings. The van der Waals surface area contributed by atoms with Gasteiger partial charge < -0.3 is 14.8 Å². The lowest BCUT2D eigenvalue weighted by molar-refractivity contribution is 0.0795. The van der Waals surface area contributed by atoms with Crippen LogP contribution in [-0.2, 0) is 11.2 Å². The van der Waals surface area contributed by atoms with Crippen LogP contribution in [0, 0.1) is 0 Å². The number of hydrogen-bond acceptors (Lipinski definition) is 3. The molecule has 0 aromatic heterocycles. The Labute approximate surface area is 117 Å². The average Bonchev–Trinajstić information content (AvgIpc) is 2.41. The van der Waals surface area contributed by atoms with Crippen molar-refractivity contribution >= 4 is 0 Å². The molecule has 0 heterocycles. The molecule has 0 aliphatic heterocycles. The van der Waals surface area contributed by atoms with Gasteiger partial charge in [0.15, 0.2) is 0 Å². The van der Waals surface area contributed by atoms with E-state index in [4.69, 9.17) is 9.47 Å². The van der Waals surface area contributed by atoms with Gasteiger partial charge in [-0.05, 0) is 51.3 Å². The van der Waals surface area contributed by atoms with Crippen LogP contribution < -0.4 is 10.1 Å². The van der Waals surface area contributed by atoms with E-state index in [1.807, 2.05) is 12.1 Å². The summed E-state index contributed by atoms with van der Waals surface area (Å²) in [5.74, 6) is 0.917. The Hall–Kier alpha value is -1.06. The summed E-state index contributed by atoms with van der Waals surface area (Å²) >= 11 is 0. The zero-order chi connectivity index (χ0) is 14.1. The summed E-state index contributed by atoms with van der Waals surface area (Å²) in [4.78, 5) is 0. The molecule has 0 saturated heterocycles. The van der Waals surface area contributed by atoms with E-state index in [0.29, 0.717) is 12.1 Å². The molecule has 1 aromatic carbocycles. The van der Waals surface area contributed by atoms with Gasteiger partial charge in [-0.15, -0.1) is 0 Å². The van der Waals surface area contributed by atoms with Crippen LogP contribution in [0.4, 0.5) is 0 Å². The van der Waals surface area contributed by atoms with Crippen molar-refractivity contribution in [3.8, 4) is 5.75 Å². The van der Waals surface area contributed by atoms with Crippen LogP contribution in [0.5, 0.6) is 5.75 Å².